The van der Waals surface area contributed by atoms with Gasteiger partial charge in [0.1, 0.15) is 0 Å². The molecule has 3 rings (SSSR count). The van der Waals surface area contributed by atoms with Gasteiger partial charge in [0.05, 0.1) is 11.1 Å². The smallest absolute Gasteiger partial charge is 0.0702 e. The van der Waals surface area contributed by atoms with E-state index in [9.17, 15) is 0 Å². The lowest BCUT2D eigenvalue weighted by Gasteiger charge is -2.26. The van der Waals surface area contributed by atoms with Crippen LogP contribution in [-0.4, -0.2) is 4.98 Å². The minimum Gasteiger partial charge on any atom is -0.318 e. The van der Waals surface area contributed by atoms with E-state index in [-0.39, 0.29) is 0 Å². The van der Waals surface area contributed by atoms with E-state index in [2.05, 4.69) is 51.2 Å². The fourth-order valence-corrected chi connectivity index (χ4v) is 2.78. The van der Waals surface area contributed by atoms with Gasteiger partial charge in [-0.15, -0.1) is 0 Å². The van der Waals surface area contributed by atoms with E-state index < -0.39 is 5.54 Å². The largest absolute Gasteiger partial charge is 0.318 e. The van der Waals surface area contributed by atoms with Crippen molar-refractivity contribution in [3.8, 4) is 0 Å². The summed E-state index contributed by atoms with van der Waals surface area (Å²) in [5.41, 5.74) is 9.19. The first-order valence-electron chi connectivity index (χ1n) is 6.47. The Morgan fingerprint density at radius 3 is 2.60 bits per heavy atom. The summed E-state index contributed by atoms with van der Waals surface area (Å²) in [4.78, 5) is 4.34. The molecule has 0 saturated carbocycles. The molecule has 1 unspecified atom stereocenters. The molecule has 1 aromatic heterocycles. The molecule has 1 atom stereocenters. The average Bonchev–Trinajstić information content (AvgIpc) is 2.46. The van der Waals surface area contributed by atoms with Crippen molar-refractivity contribution in [2.75, 3.05) is 0 Å². The Hall–Kier alpha value is -1.71. The molecule has 2 nitrogen and oxygen atoms in total. The average molecular weight is 327 g/mol. The lowest BCUT2D eigenvalue weighted by atomic mass is 9.85. The summed E-state index contributed by atoms with van der Waals surface area (Å²) < 4.78 is 1.04. The number of benzene rings is 2. The number of halogens is 1. The van der Waals surface area contributed by atoms with E-state index in [1.54, 1.807) is 6.20 Å². The Kier molecular flexibility index (Phi) is 3.32. The van der Waals surface area contributed by atoms with Crippen LogP contribution in [0.15, 0.2) is 65.3 Å². The molecule has 2 N–H and O–H groups in total. The number of rotatable bonds is 2. The predicted molar refractivity (Wildman–Crippen MR) is 86.5 cm³/mol. The van der Waals surface area contributed by atoms with Crippen LogP contribution in [0.1, 0.15) is 18.1 Å². The van der Waals surface area contributed by atoms with E-state index >= 15 is 0 Å². The Balaban J connectivity index is 2.13. The van der Waals surface area contributed by atoms with Gasteiger partial charge >= 0.3 is 0 Å². The van der Waals surface area contributed by atoms with Crippen LogP contribution in [0.5, 0.6) is 0 Å². The number of nitrogens with zero attached hydrogens (tertiary/aromatic N) is 1. The zero-order valence-corrected chi connectivity index (χ0v) is 12.8. The summed E-state index contributed by atoms with van der Waals surface area (Å²) in [5, 5.41) is 1.11. The fourth-order valence-electron chi connectivity index (χ4n) is 2.38. The van der Waals surface area contributed by atoms with Gasteiger partial charge < -0.3 is 5.73 Å². The van der Waals surface area contributed by atoms with Gasteiger partial charge in [-0.25, -0.2) is 0 Å². The number of hydrogen-bond donors (Lipinski definition) is 1. The number of nitrogens with two attached hydrogens (primary N) is 1. The maximum absolute atomic E-state index is 6.58. The van der Waals surface area contributed by atoms with Crippen molar-refractivity contribution >= 4 is 26.8 Å². The minimum atomic E-state index is -0.534. The van der Waals surface area contributed by atoms with Gasteiger partial charge in [-0.3, -0.25) is 4.98 Å². The highest BCUT2D eigenvalue weighted by molar-refractivity contribution is 9.10. The first kappa shape index (κ1) is 13.3. The summed E-state index contributed by atoms with van der Waals surface area (Å²) in [5.74, 6) is 0. The van der Waals surface area contributed by atoms with Crippen LogP contribution in [0.2, 0.25) is 0 Å². The Morgan fingerprint density at radius 2 is 1.80 bits per heavy atom. The number of fused-ring (bicyclic) bond motifs is 1. The van der Waals surface area contributed by atoms with E-state index in [1.165, 1.54) is 0 Å². The van der Waals surface area contributed by atoms with Crippen molar-refractivity contribution in [3.05, 3.63) is 76.4 Å². The van der Waals surface area contributed by atoms with Crippen LogP contribution in [0, 0.1) is 0 Å². The first-order valence-corrected chi connectivity index (χ1v) is 7.27. The van der Waals surface area contributed by atoms with Crippen LogP contribution in [0.3, 0.4) is 0 Å². The van der Waals surface area contributed by atoms with Crippen LogP contribution in [-0.2, 0) is 5.54 Å². The molecule has 0 radical (unpaired) electrons. The molecule has 3 heteroatoms. The maximum Gasteiger partial charge on any atom is 0.0702 e. The number of pyridine rings is 1. The molecule has 2 aromatic carbocycles. The van der Waals surface area contributed by atoms with Crippen molar-refractivity contribution in [2.24, 2.45) is 5.73 Å². The van der Waals surface area contributed by atoms with Crippen LogP contribution in [0.4, 0.5) is 0 Å². The van der Waals surface area contributed by atoms with E-state index in [0.717, 1.165) is 26.5 Å². The molecule has 3 aromatic rings. The highest BCUT2D eigenvalue weighted by Crippen LogP contribution is 2.30. The first-order chi connectivity index (χ1) is 9.57. The SMILES string of the molecule is CC(N)(c1cccc(Br)c1)c1ccc2ncccc2c1. The molecule has 100 valence electrons. The Labute approximate surface area is 126 Å². The molecule has 1 heterocycles. The molecule has 0 fully saturated rings. The molecule has 20 heavy (non-hydrogen) atoms. The van der Waals surface area contributed by atoms with Crippen molar-refractivity contribution in [1.82, 2.24) is 4.98 Å². The molecular formula is C17H15BrN2. The molecular weight excluding hydrogens is 312 g/mol. The topological polar surface area (TPSA) is 38.9 Å². The molecule has 0 saturated heterocycles. The van der Waals surface area contributed by atoms with Gasteiger partial charge in [-0.05, 0) is 48.4 Å². The fraction of sp³-hybridized carbons (Fsp3) is 0.118. The van der Waals surface area contributed by atoms with Crippen LogP contribution in [0.25, 0.3) is 10.9 Å². The van der Waals surface area contributed by atoms with E-state index in [1.807, 2.05) is 31.2 Å². The molecule has 0 amide bonds. The summed E-state index contributed by atoms with van der Waals surface area (Å²) in [7, 11) is 0. The van der Waals surface area contributed by atoms with Crippen LogP contribution < -0.4 is 5.73 Å². The van der Waals surface area contributed by atoms with Crippen molar-refractivity contribution in [3.63, 3.8) is 0 Å². The summed E-state index contributed by atoms with van der Waals surface area (Å²) >= 11 is 3.50. The normalized spacial score (nSPS) is 14.2. The second kappa shape index (κ2) is 5.00. The third kappa shape index (κ3) is 2.35. The Bertz CT molecular complexity index is 766. The third-order valence-corrected chi connectivity index (χ3v) is 4.12. The standard InChI is InChI=1S/C17H15BrN2/c1-17(19,13-5-2-6-15(18)11-13)14-7-8-16-12(10-14)4-3-9-20-16/h2-11H,19H2,1H3. The minimum absolute atomic E-state index is 0.534. The van der Waals surface area contributed by atoms with Gasteiger partial charge in [0.2, 0.25) is 0 Å². The lowest BCUT2D eigenvalue weighted by Crippen LogP contribution is -2.34. The van der Waals surface area contributed by atoms with Crippen molar-refractivity contribution in [2.45, 2.75) is 12.5 Å². The highest BCUT2D eigenvalue weighted by atomic mass is 79.9. The monoisotopic (exact) mass is 326 g/mol. The molecule has 0 aliphatic rings. The molecule has 0 aliphatic carbocycles. The predicted octanol–water partition coefficient (Wildman–Crippen LogP) is 4.22. The van der Waals surface area contributed by atoms with Gasteiger partial charge in [0.25, 0.3) is 0 Å². The van der Waals surface area contributed by atoms with Crippen molar-refractivity contribution < 1.29 is 0 Å². The van der Waals surface area contributed by atoms with Gasteiger partial charge in [0.15, 0.2) is 0 Å². The quantitative estimate of drug-likeness (QED) is 0.765. The zero-order chi connectivity index (χ0) is 14.2. The molecule has 0 bridgehead atoms. The number of aromatic nitrogens is 1. The van der Waals surface area contributed by atoms with Gasteiger partial charge in [0, 0.05) is 16.1 Å². The molecule has 0 spiro atoms. The van der Waals surface area contributed by atoms with Crippen LogP contribution >= 0.6 is 15.9 Å². The summed E-state index contributed by atoms with van der Waals surface area (Å²) in [6, 6.07) is 18.3. The number of hydrogen-bond acceptors (Lipinski definition) is 2. The summed E-state index contributed by atoms with van der Waals surface area (Å²) in [6.45, 7) is 2.03. The van der Waals surface area contributed by atoms with E-state index in [0.29, 0.717) is 0 Å². The highest BCUT2D eigenvalue weighted by Gasteiger charge is 2.24. The molecule has 0 aliphatic heterocycles. The lowest BCUT2D eigenvalue weighted by molar-refractivity contribution is 0.603. The Morgan fingerprint density at radius 1 is 1.00 bits per heavy atom. The second-order valence-corrected chi connectivity index (χ2v) is 6.04. The zero-order valence-electron chi connectivity index (χ0n) is 11.2. The summed E-state index contributed by atoms with van der Waals surface area (Å²) in [6.07, 6.45) is 1.80. The van der Waals surface area contributed by atoms with E-state index in [4.69, 9.17) is 5.73 Å². The van der Waals surface area contributed by atoms with Gasteiger partial charge in [-0.2, -0.15) is 0 Å². The van der Waals surface area contributed by atoms with Crippen molar-refractivity contribution in [1.29, 1.82) is 0 Å². The van der Waals surface area contributed by atoms with Gasteiger partial charge in [-0.1, -0.05) is 40.2 Å². The second-order valence-electron chi connectivity index (χ2n) is 5.12. The third-order valence-electron chi connectivity index (χ3n) is 3.63. The maximum atomic E-state index is 6.58.